The summed E-state index contributed by atoms with van der Waals surface area (Å²) in [5, 5.41) is 14.3. The maximum Gasteiger partial charge on any atom is 0.261 e. The Balaban J connectivity index is 1.70. The molecule has 0 aliphatic heterocycles. The Hall–Kier alpha value is -2.28. The molecule has 0 fully saturated rings. The third-order valence-corrected chi connectivity index (χ3v) is 4.63. The van der Waals surface area contributed by atoms with Crippen molar-refractivity contribution < 1.29 is 9.84 Å². The molecule has 3 rings (SSSR count). The third kappa shape index (κ3) is 4.09. The number of nitrogens with one attached hydrogen (secondary N) is 1. The van der Waals surface area contributed by atoms with Crippen molar-refractivity contribution in [1.82, 2.24) is 9.55 Å². The number of nitrogens with zero attached hydrogens (tertiary/aromatic N) is 2. The second-order valence-electron chi connectivity index (χ2n) is 5.75. The molecule has 0 radical (unpaired) electrons. The van der Waals surface area contributed by atoms with E-state index in [1.807, 2.05) is 24.3 Å². The van der Waals surface area contributed by atoms with E-state index in [4.69, 9.17) is 27.9 Å². The minimum atomic E-state index is -0.781. The zero-order valence-electron chi connectivity index (χ0n) is 13.9. The van der Waals surface area contributed by atoms with Crippen LogP contribution in [0.4, 0.5) is 5.69 Å². The summed E-state index contributed by atoms with van der Waals surface area (Å²) in [5.41, 5.74) is 1.03. The number of fused-ring (bicyclic) bond motifs is 1. The molecule has 0 saturated heterocycles. The molecular weight excluding hydrogens is 377 g/mol. The first-order valence-electron chi connectivity index (χ1n) is 7.88. The Morgan fingerprint density at radius 3 is 2.62 bits per heavy atom. The normalized spacial score (nSPS) is 12.2. The van der Waals surface area contributed by atoms with Crippen LogP contribution < -0.4 is 15.6 Å². The van der Waals surface area contributed by atoms with E-state index in [1.54, 1.807) is 13.2 Å². The molecule has 26 heavy (non-hydrogen) atoms. The molecule has 0 aliphatic rings. The van der Waals surface area contributed by atoms with Gasteiger partial charge in [0.25, 0.3) is 5.56 Å². The van der Waals surface area contributed by atoms with Gasteiger partial charge in [0.15, 0.2) is 0 Å². The Morgan fingerprint density at radius 1 is 1.23 bits per heavy atom. The van der Waals surface area contributed by atoms with Gasteiger partial charge in [0.05, 0.1) is 47.0 Å². The fraction of sp³-hybridized carbons (Fsp3) is 0.222. The van der Waals surface area contributed by atoms with Crippen molar-refractivity contribution in [2.75, 3.05) is 19.0 Å². The molecule has 0 amide bonds. The summed E-state index contributed by atoms with van der Waals surface area (Å²) in [5.74, 6) is 0.753. The summed E-state index contributed by atoms with van der Waals surface area (Å²) in [6.45, 7) is 0.378. The van der Waals surface area contributed by atoms with Crippen molar-refractivity contribution in [3.05, 3.63) is 63.1 Å². The number of methoxy groups -OCH3 is 1. The number of hydrogen-bond donors (Lipinski definition) is 2. The van der Waals surface area contributed by atoms with Gasteiger partial charge >= 0.3 is 0 Å². The largest absolute Gasteiger partial charge is 0.497 e. The highest BCUT2D eigenvalue weighted by Gasteiger charge is 2.11. The average Bonchev–Trinajstić information content (AvgIpc) is 2.64. The van der Waals surface area contributed by atoms with Crippen molar-refractivity contribution in [3.8, 4) is 5.75 Å². The lowest BCUT2D eigenvalue weighted by molar-refractivity contribution is 0.165. The number of aromatic nitrogens is 2. The van der Waals surface area contributed by atoms with Crippen molar-refractivity contribution in [1.29, 1.82) is 0 Å². The first-order chi connectivity index (χ1) is 12.5. The molecule has 1 heterocycles. The molecular formula is C18H17Cl2N3O3. The zero-order valence-corrected chi connectivity index (χ0v) is 15.5. The van der Waals surface area contributed by atoms with Gasteiger partial charge in [-0.05, 0) is 36.4 Å². The molecule has 2 aromatic carbocycles. The van der Waals surface area contributed by atoms with Crippen LogP contribution in [0.1, 0.15) is 0 Å². The second-order valence-corrected chi connectivity index (χ2v) is 6.56. The zero-order chi connectivity index (χ0) is 18.7. The quantitative estimate of drug-likeness (QED) is 0.672. The highest BCUT2D eigenvalue weighted by atomic mass is 35.5. The molecule has 0 unspecified atom stereocenters. The monoisotopic (exact) mass is 393 g/mol. The van der Waals surface area contributed by atoms with Gasteiger partial charge in [0, 0.05) is 12.2 Å². The van der Waals surface area contributed by atoms with Gasteiger partial charge in [-0.3, -0.25) is 9.36 Å². The van der Waals surface area contributed by atoms with E-state index in [-0.39, 0.29) is 23.7 Å². The predicted molar refractivity (Wildman–Crippen MR) is 104 cm³/mol. The van der Waals surface area contributed by atoms with E-state index < -0.39 is 6.10 Å². The number of ether oxygens (including phenoxy) is 1. The molecule has 6 nitrogen and oxygen atoms in total. The predicted octanol–water partition coefficient (Wildman–Crippen LogP) is 3.18. The highest BCUT2D eigenvalue weighted by molar-refractivity contribution is 6.42. The van der Waals surface area contributed by atoms with Gasteiger partial charge in [-0.25, -0.2) is 4.98 Å². The summed E-state index contributed by atoms with van der Waals surface area (Å²) in [4.78, 5) is 16.8. The van der Waals surface area contributed by atoms with Crippen molar-refractivity contribution in [3.63, 3.8) is 0 Å². The van der Waals surface area contributed by atoms with Crippen LogP contribution in [-0.4, -0.2) is 34.4 Å². The van der Waals surface area contributed by atoms with Gasteiger partial charge in [0.1, 0.15) is 5.75 Å². The van der Waals surface area contributed by atoms with Crippen LogP contribution in [0.25, 0.3) is 10.9 Å². The summed E-state index contributed by atoms with van der Waals surface area (Å²) in [6.07, 6.45) is 0.614. The molecule has 136 valence electrons. The minimum absolute atomic E-state index is 0.102. The number of benzene rings is 2. The first-order valence-corrected chi connectivity index (χ1v) is 8.63. The van der Waals surface area contributed by atoms with E-state index in [2.05, 4.69) is 10.3 Å². The highest BCUT2D eigenvalue weighted by Crippen LogP contribution is 2.25. The molecule has 8 heteroatoms. The summed E-state index contributed by atoms with van der Waals surface area (Å²) >= 11 is 11.9. The Morgan fingerprint density at radius 2 is 1.92 bits per heavy atom. The van der Waals surface area contributed by atoms with Gasteiger partial charge in [-0.2, -0.15) is 0 Å². The maximum absolute atomic E-state index is 12.5. The lowest BCUT2D eigenvalue weighted by atomic mass is 10.2. The van der Waals surface area contributed by atoms with Gasteiger partial charge in [-0.1, -0.05) is 23.2 Å². The smallest absolute Gasteiger partial charge is 0.261 e. The minimum Gasteiger partial charge on any atom is -0.497 e. The molecule has 0 spiro atoms. The number of halogens is 2. The van der Waals surface area contributed by atoms with E-state index in [0.717, 1.165) is 11.4 Å². The first kappa shape index (κ1) is 18.5. The van der Waals surface area contributed by atoms with E-state index in [1.165, 1.54) is 17.0 Å². The summed E-state index contributed by atoms with van der Waals surface area (Å²) in [6, 6.07) is 10.4. The molecule has 0 aliphatic carbocycles. The van der Waals surface area contributed by atoms with E-state index in [9.17, 15) is 9.90 Å². The van der Waals surface area contributed by atoms with Gasteiger partial charge in [0.2, 0.25) is 0 Å². The fourth-order valence-corrected chi connectivity index (χ4v) is 2.84. The Kier molecular flexibility index (Phi) is 5.66. The molecule has 3 aromatic rings. The van der Waals surface area contributed by atoms with Gasteiger partial charge < -0.3 is 15.2 Å². The fourth-order valence-electron chi connectivity index (χ4n) is 2.52. The lowest BCUT2D eigenvalue weighted by Crippen LogP contribution is -2.31. The number of hydrogen-bond acceptors (Lipinski definition) is 5. The maximum atomic E-state index is 12.5. The molecule has 0 saturated carbocycles. The Bertz CT molecular complexity index is 974. The second kappa shape index (κ2) is 7.95. The number of aliphatic hydroxyl groups is 1. The van der Waals surface area contributed by atoms with Crippen molar-refractivity contribution >= 4 is 39.8 Å². The van der Waals surface area contributed by atoms with E-state index >= 15 is 0 Å². The van der Waals surface area contributed by atoms with Gasteiger partial charge in [-0.15, -0.1) is 0 Å². The topological polar surface area (TPSA) is 76.4 Å². The van der Waals surface area contributed by atoms with Crippen molar-refractivity contribution in [2.45, 2.75) is 12.6 Å². The number of aliphatic hydroxyl groups excluding tert-OH is 1. The molecule has 1 atom stereocenters. The summed E-state index contributed by atoms with van der Waals surface area (Å²) in [7, 11) is 1.60. The Labute approximate surface area is 160 Å². The van der Waals surface area contributed by atoms with Crippen LogP contribution in [-0.2, 0) is 6.54 Å². The molecule has 2 N–H and O–H groups in total. The average molecular weight is 394 g/mol. The van der Waals surface area contributed by atoms with Crippen LogP contribution in [0.3, 0.4) is 0 Å². The lowest BCUT2D eigenvalue weighted by Gasteiger charge is -2.15. The van der Waals surface area contributed by atoms with Crippen LogP contribution in [0.5, 0.6) is 5.75 Å². The standard InChI is InChI=1S/C18H17Cl2N3O3/c1-26-13-4-2-11(3-5-13)21-8-12(24)9-23-10-22-17-7-16(20)15(19)6-14(17)18(23)25/h2-7,10,12,21,24H,8-9H2,1H3/t12-/m0/s1. The molecule has 0 bridgehead atoms. The van der Waals surface area contributed by atoms with Crippen LogP contribution in [0.15, 0.2) is 47.5 Å². The summed E-state index contributed by atoms with van der Waals surface area (Å²) < 4.78 is 6.45. The van der Waals surface area contributed by atoms with Crippen molar-refractivity contribution in [2.24, 2.45) is 0 Å². The number of rotatable bonds is 6. The van der Waals surface area contributed by atoms with Crippen LogP contribution >= 0.6 is 23.2 Å². The molecule has 1 aromatic heterocycles. The third-order valence-electron chi connectivity index (χ3n) is 3.91. The number of anilines is 1. The van der Waals surface area contributed by atoms with E-state index in [0.29, 0.717) is 15.9 Å². The SMILES string of the molecule is COc1ccc(NC[C@H](O)Cn2cnc3cc(Cl)c(Cl)cc3c2=O)cc1. The van der Waals surface area contributed by atoms with Crippen LogP contribution in [0, 0.1) is 0 Å². The van der Waals surface area contributed by atoms with Crippen LogP contribution in [0.2, 0.25) is 10.0 Å².